The second-order valence-corrected chi connectivity index (χ2v) is 4.70. The number of pyridine rings is 1. The average Bonchev–Trinajstić information content (AvgIpc) is 2.35. The van der Waals surface area contributed by atoms with Gasteiger partial charge in [-0.1, -0.05) is 19.3 Å². The molecule has 17 heavy (non-hydrogen) atoms. The van der Waals surface area contributed by atoms with Crippen molar-refractivity contribution >= 4 is 17.4 Å². The minimum Gasteiger partial charge on any atom is -0.397 e. The van der Waals surface area contributed by atoms with E-state index in [2.05, 4.69) is 10.3 Å². The Kier molecular flexibility index (Phi) is 3.61. The molecule has 92 valence electrons. The molecule has 3 N–H and O–H groups in total. The molecule has 0 spiro atoms. The summed E-state index contributed by atoms with van der Waals surface area (Å²) in [5.74, 6) is 0.858. The van der Waals surface area contributed by atoms with Crippen molar-refractivity contribution in [3.05, 3.63) is 17.8 Å². The highest BCUT2D eigenvalue weighted by Gasteiger charge is 2.21. The summed E-state index contributed by atoms with van der Waals surface area (Å²) in [6, 6.07) is 3.53. The van der Waals surface area contributed by atoms with E-state index in [1.807, 2.05) is 6.92 Å². The molecule has 1 aromatic heterocycles. The summed E-state index contributed by atoms with van der Waals surface area (Å²) < 4.78 is 0. The fourth-order valence-electron chi connectivity index (χ4n) is 2.23. The third-order valence-electron chi connectivity index (χ3n) is 3.35. The quantitative estimate of drug-likeness (QED) is 0.824. The summed E-state index contributed by atoms with van der Waals surface area (Å²) in [4.78, 5) is 16.2. The molecule has 0 saturated heterocycles. The number of carbonyl (C=O) groups is 1. The first kappa shape index (κ1) is 11.9. The Labute approximate surface area is 102 Å². The smallest absolute Gasteiger partial charge is 0.228 e. The van der Waals surface area contributed by atoms with Crippen LogP contribution in [0.4, 0.5) is 11.5 Å². The summed E-state index contributed by atoms with van der Waals surface area (Å²) in [7, 11) is 0. The number of nitrogens with zero attached hydrogens (tertiary/aromatic N) is 1. The monoisotopic (exact) mass is 233 g/mol. The molecule has 1 aliphatic rings. The minimum absolute atomic E-state index is 0.0985. The predicted molar refractivity (Wildman–Crippen MR) is 68.6 cm³/mol. The molecule has 0 bridgehead atoms. The van der Waals surface area contributed by atoms with E-state index in [0.717, 1.165) is 31.4 Å². The first-order chi connectivity index (χ1) is 8.16. The maximum atomic E-state index is 12.0. The van der Waals surface area contributed by atoms with E-state index in [-0.39, 0.29) is 11.8 Å². The number of hydrogen-bond donors (Lipinski definition) is 2. The number of aryl methyl sites for hydroxylation is 1. The lowest BCUT2D eigenvalue weighted by atomic mass is 9.89. The Morgan fingerprint density at radius 3 is 2.71 bits per heavy atom. The van der Waals surface area contributed by atoms with Crippen molar-refractivity contribution < 1.29 is 4.79 Å². The topological polar surface area (TPSA) is 68.0 Å². The van der Waals surface area contributed by atoms with Gasteiger partial charge in [-0.2, -0.15) is 0 Å². The lowest BCUT2D eigenvalue weighted by Gasteiger charge is -2.20. The van der Waals surface area contributed by atoms with Gasteiger partial charge in [0.1, 0.15) is 5.82 Å². The van der Waals surface area contributed by atoms with Crippen LogP contribution in [0.2, 0.25) is 0 Å². The second-order valence-electron chi connectivity index (χ2n) is 4.70. The molecule has 1 heterocycles. The van der Waals surface area contributed by atoms with E-state index in [1.54, 1.807) is 12.1 Å². The van der Waals surface area contributed by atoms with Crippen LogP contribution >= 0.6 is 0 Å². The van der Waals surface area contributed by atoms with Gasteiger partial charge in [-0.15, -0.1) is 0 Å². The zero-order valence-electron chi connectivity index (χ0n) is 10.2. The fourth-order valence-corrected chi connectivity index (χ4v) is 2.23. The van der Waals surface area contributed by atoms with Crippen LogP contribution in [0.5, 0.6) is 0 Å². The van der Waals surface area contributed by atoms with Crippen molar-refractivity contribution in [3.63, 3.8) is 0 Å². The Balaban J connectivity index is 1.99. The number of amides is 1. The first-order valence-electron chi connectivity index (χ1n) is 6.21. The number of nitrogens with one attached hydrogen (secondary N) is 1. The molecule has 0 aromatic carbocycles. The van der Waals surface area contributed by atoms with E-state index in [9.17, 15) is 4.79 Å². The van der Waals surface area contributed by atoms with Gasteiger partial charge in [0, 0.05) is 5.92 Å². The van der Waals surface area contributed by atoms with Crippen molar-refractivity contribution in [3.8, 4) is 0 Å². The molecule has 1 aromatic rings. The maximum absolute atomic E-state index is 12.0. The number of nitrogens with two attached hydrogens (primary N) is 1. The molecule has 0 radical (unpaired) electrons. The number of anilines is 2. The number of nitrogen functional groups attached to an aromatic ring is 1. The van der Waals surface area contributed by atoms with Crippen molar-refractivity contribution in [1.82, 2.24) is 4.98 Å². The van der Waals surface area contributed by atoms with E-state index in [1.165, 1.54) is 6.42 Å². The van der Waals surface area contributed by atoms with Crippen molar-refractivity contribution in [2.24, 2.45) is 5.92 Å². The van der Waals surface area contributed by atoms with E-state index in [4.69, 9.17) is 5.73 Å². The van der Waals surface area contributed by atoms with Gasteiger partial charge >= 0.3 is 0 Å². The zero-order chi connectivity index (χ0) is 12.3. The summed E-state index contributed by atoms with van der Waals surface area (Å²) in [5.41, 5.74) is 7.10. The standard InChI is InChI=1S/C13H19N3O/c1-9-11(14)7-8-12(15-9)16-13(17)10-5-3-2-4-6-10/h7-8,10H,2-6,14H2,1H3,(H,15,16,17). The summed E-state index contributed by atoms with van der Waals surface area (Å²) in [6.45, 7) is 1.84. The van der Waals surface area contributed by atoms with E-state index in [0.29, 0.717) is 11.5 Å². The highest BCUT2D eigenvalue weighted by atomic mass is 16.1. The minimum atomic E-state index is 0.0985. The van der Waals surface area contributed by atoms with Crippen LogP contribution < -0.4 is 11.1 Å². The third kappa shape index (κ3) is 2.96. The highest BCUT2D eigenvalue weighted by molar-refractivity contribution is 5.91. The van der Waals surface area contributed by atoms with Crippen LogP contribution in [0.3, 0.4) is 0 Å². The fraction of sp³-hybridized carbons (Fsp3) is 0.538. The molecule has 4 heteroatoms. The predicted octanol–water partition coefficient (Wildman–Crippen LogP) is 2.49. The molecule has 0 atom stereocenters. The molecule has 0 aliphatic heterocycles. The molecule has 0 unspecified atom stereocenters. The normalized spacial score (nSPS) is 16.8. The number of hydrogen-bond acceptors (Lipinski definition) is 3. The van der Waals surface area contributed by atoms with Crippen LogP contribution in [0.15, 0.2) is 12.1 Å². The number of aromatic nitrogens is 1. The van der Waals surface area contributed by atoms with Crippen molar-refractivity contribution in [1.29, 1.82) is 0 Å². The molecule has 1 saturated carbocycles. The SMILES string of the molecule is Cc1nc(NC(=O)C2CCCCC2)ccc1N. The van der Waals surface area contributed by atoms with Gasteiger partial charge in [0.25, 0.3) is 0 Å². The molecular weight excluding hydrogens is 214 g/mol. The van der Waals surface area contributed by atoms with Crippen molar-refractivity contribution in [2.45, 2.75) is 39.0 Å². The molecule has 4 nitrogen and oxygen atoms in total. The lowest BCUT2D eigenvalue weighted by molar-refractivity contribution is -0.120. The third-order valence-corrected chi connectivity index (χ3v) is 3.35. The van der Waals surface area contributed by atoms with Gasteiger partial charge in [0.15, 0.2) is 0 Å². The molecule has 2 rings (SSSR count). The maximum Gasteiger partial charge on any atom is 0.228 e. The summed E-state index contributed by atoms with van der Waals surface area (Å²) in [5, 5.41) is 2.87. The number of carbonyl (C=O) groups excluding carboxylic acids is 1. The lowest BCUT2D eigenvalue weighted by Crippen LogP contribution is -2.25. The van der Waals surface area contributed by atoms with Gasteiger partial charge in [-0.3, -0.25) is 4.79 Å². The number of rotatable bonds is 2. The zero-order valence-corrected chi connectivity index (χ0v) is 10.2. The molecular formula is C13H19N3O. The molecule has 1 aliphatic carbocycles. The van der Waals surface area contributed by atoms with Gasteiger partial charge in [-0.25, -0.2) is 4.98 Å². The highest BCUT2D eigenvalue weighted by Crippen LogP contribution is 2.24. The molecule has 1 amide bonds. The first-order valence-corrected chi connectivity index (χ1v) is 6.21. The van der Waals surface area contributed by atoms with Crippen LogP contribution in [0.25, 0.3) is 0 Å². The van der Waals surface area contributed by atoms with E-state index >= 15 is 0 Å². The Morgan fingerprint density at radius 2 is 2.06 bits per heavy atom. The summed E-state index contributed by atoms with van der Waals surface area (Å²) >= 11 is 0. The van der Waals surface area contributed by atoms with Gasteiger partial charge in [-0.05, 0) is 31.9 Å². The van der Waals surface area contributed by atoms with Crippen LogP contribution in [0, 0.1) is 12.8 Å². The Bertz CT molecular complexity index is 411. The Hall–Kier alpha value is -1.58. The van der Waals surface area contributed by atoms with Gasteiger partial charge in [0.2, 0.25) is 5.91 Å². The van der Waals surface area contributed by atoms with Gasteiger partial charge in [0.05, 0.1) is 11.4 Å². The Morgan fingerprint density at radius 1 is 1.35 bits per heavy atom. The van der Waals surface area contributed by atoms with Crippen LogP contribution in [-0.4, -0.2) is 10.9 Å². The molecule has 1 fully saturated rings. The average molecular weight is 233 g/mol. The van der Waals surface area contributed by atoms with Crippen molar-refractivity contribution in [2.75, 3.05) is 11.1 Å². The van der Waals surface area contributed by atoms with E-state index < -0.39 is 0 Å². The van der Waals surface area contributed by atoms with Crippen LogP contribution in [-0.2, 0) is 4.79 Å². The van der Waals surface area contributed by atoms with Gasteiger partial charge < -0.3 is 11.1 Å². The largest absolute Gasteiger partial charge is 0.397 e. The van der Waals surface area contributed by atoms with Crippen LogP contribution in [0.1, 0.15) is 37.8 Å². The second kappa shape index (κ2) is 5.17. The summed E-state index contributed by atoms with van der Waals surface area (Å²) in [6.07, 6.45) is 5.57.